The zero-order chi connectivity index (χ0) is 13.1. The minimum Gasteiger partial charge on any atom is -0.319 e. The molecule has 0 amide bonds. The number of nitrogens with zero attached hydrogens (tertiary/aromatic N) is 4. The molecule has 0 bridgehead atoms. The molecule has 100 valence electrons. The molecular weight excluding hydrogens is 226 g/mol. The summed E-state index contributed by atoms with van der Waals surface area (Å²) in [6.07, 6.45) is 3.83. The standard InChI is InChI=1S/C13H23N5/c1-5-11-7-6-8-18(9-11)13-15-10(2)17(4)12(14-3)16-13/h11H,5-9H2,1-4H3/p+1. The first kappa shape index (κ1) is 13.1. The first-order valence-electron chi connectivity index (χ1n) is 6.83. The van der Waals surface area contributed by atoms with Gasteiger partial charge in [0.2, 0.25) is 5.82 Å². The highest BCUT2D eigenvalue weighted by atomic mass is 15.3. The molecule has 1 aliphatic rings. The van der Waals surface area contributed by atoms with Crippen LogP contribution in [-0.2, 0) is 7.05 Å². The highest BCUT2D eigenvalue weighted by Gasteiger charge is 2.25. The lowest BCUT2D eigenvalue weighted by atomic mass is 9.96. The number of nitrogens with one attached hydrogen (secondary N) is 1. The molecule has 1 N–H and O–H groups in total. The van der Waals surface area contributed by atoms with E-state index in [4.69, 9.17) is 0 Å². The van der Waals surface area contributed by atoms with Gasteiger partial charge in [-0.1, -0.05) is 23.3 Å². The Kier molecular flexibility index (Phi) is 3.99. The van der Waals surface area contributed by atoms with Crippen LogP contribution in [0.15, 0.2) is 0 Å². The van der Waals surface area contributed by atoms with Gasteiger partial charge in [-0.25, -0.2) is 4.57 Å². The van der Waals surface area contributed by atoms with Crippen LogP contribution in [0, 0.1) is 12.8 Å². The molecule has 5 nitrogen and oxygen atoms in total. The molecule has 2 heterocycles. The Hall–Kier alpha value is -1.39. The summed E-state index contributed by atoms with van der Waals surface area (Å²) in [7, 11) is 3.88. The molecule has 1 atom stereocenters. The van der Waals surface area contributed by atoms with Crippen LogP contribution < -0.4 is 14.8 Å². The molecule has 1 fully saturated rings. The third kappa shape index (κ3) is 2.54. The number of aryl methyl sites for hydroxylation is 1. The summed E-state index contributed by atoms with van der Waals surface area (Å²) in [5.74, 6) is 3.52. The Morgan fingerprint density at radius 2 is 2.22 bits per heavy atom. The second-order valence-electron chi connectivity index (χ2n) is 5.07. The first-order valence-corrected chi connectivity index (χ1v) is 6.83. The molecule has 0 saturated carbocycles. The van der Waals surface area contributed by atoms with E-state index < -0.39 is 0 Å². The van der Waals surface area contributed by atoms with Gasteiger partial charge in [0.25, 0.3) is 0 Å². The topological polar surface area (TPSA) is 44.9 Å². The highest BCUT2D eigenvalue weighted by Crippen LogP contribution is 2.22. The van der Waals surface area contributed by atoms with Gasteiger partial charge in [-0.3, -0.25) is 5.32 Å². The Bertz CT molecular complexity index is 418. The van der Waals surface area contributed by atoms with Gasteiger partial charge in [0, 0.05) is 27.1 Å². The molecule has 18 heavy (non-hydrogen) atoms. The van der Waals surface area contributed by atoms with Gasteiger partial charge in [-0.15, -0.1) is 0 Å². The fourth-order valence-corrected chi connectivity index (χ4v) is 2.51. The maximum Gasteiger partial charge on any atom is 0.351 e. The number of anilines is 2. The monoisotopic (exact) mass is 250 g/mol. The minimum absolute atomic E-state index is 0.787. The van der Waals surface area contributed by atoms with Gasteiger partial charge < -0.3 is 4.90 Å². The molecule has 0 aromatic carbocycles. The molecule has 5 heteroatoms. The normalized spacial score (nSPS) is 20.0. The van der Waals surface area contributed by atoms with Crippen molar-refractivity contribution in [1.29, 1.82) is 0 Å². The smallest absolute Gasteiger partial charge is 0.319 e. The number of hydrogen-bond acceptors (Lipinski definition) is 4. The minimum atomic E-state index is 0.787. The van der Waals surface area contributed by atoms with E-state index in [0.29, 0.717) is 0 Å². The molecule has 1 aromatic heterocycles. The van der Waals surface area contributed by atoms with E-state index in [2.05, 4.69) is 27.1 Å². The van der Waals surface area contributed by atoms with Crippen LogP contribution in [0.1, 0.15) is 32.0 Å². The Balaban J connectivity index is 2.24. The van der Waals surface area contributed by atoms with Crippen LogP contribution in [0.4, 0.5) is 11.9 Å². The van der Waals surface area contributed by atoms with Crippen molar-refractivity contribution in [2.45, 2.75) is 33.1 Å². The van der Waals surface area contributed by atoms with Crippen molar-refractivity contribution in [3.63, 3.8) is 0 Å². The van der Waals surface area contributed by atoms with Crippen molar-refractivity contribution >= 4 is 11.9 Å². The van der Waals surface area contributed by atoms with Crippen LogP contribution in [0.25, 0.3) is 0 Å². The molecule has 0 aliphatic carbocycles. The average molecular weight is 250 g/mol. The van der Waals surface area contributed by atoms with Gasteiger partial charge in [-0.05, 0) is 18.8 Å². The fraction of sp³-hybridized carbons (Fsp3) is 0.769. The molecule has 1 aromatic rings. The molecular formula is C13H24N5+. The number of hydrogen-bond donors (Lipinski definition) is 1. The second kappa shape index (κ2) is 5.50. The lowest BCUT2D eigenvalue weighted by molar-refractivity contribution is -0.669. The second-order valence-corrected chi connectivity index (χ2v) is 5.07. The van der Waals surface area contributed by atoms with Gasteiger partial charge in [0.1, 0.15) is 0 Å². The van der Waals surface area contributed by atoms with E-state index in [1.807, 2.05) is 25.6 Å². The summed E-state index contributed by atoms with van der Waals surface area (Å²) >= 11 is 0. The molecule has 1 aliphatic heterocycles. The number of piperidine rings is 1. The molecule has 0 spiro atoms. The molecule has 2 rings (SSSR count). The number of aromatic nitrogens is 3. The lowest BCUT2D eigenvalue weighted by Gasteiger charge is -2.30. The maximum atomic E-state index is 4.61. The maximum absolute atomic E-state index is 4.61. The van der Waals surface area contributed by atoms with Crippen LogP contribution in [-0.4, -0.2) is 30.1 Å². The predicted octanol–water partition coefficient (Wildman–Crippen LogP) is 1.28. The van der Waals surface area contributed by atoms with E-state index in [9.17, 15) is 0 Å². The zero-order valence-corrected chi connectivity index (χ0v) is 11.9. The van der Waals surface area contributed by atoms with Crippen molar-refractivity contribution < 1.29 is 4.57 Å². The summed E-state index contributed by atoms with van der Waals surface area (Å²) in [6, 6.07) is 0. The first-order chi connectivity index (χ1) is 8.65. The SMILES string of the molecule is CCC1CCCN(c2nc(C)[n+](C)c(NC)n2)C1. The van der Waals surface area contributed by atoms with Gasteiger partial charge in [0.05, 0.1) is 7.05 Å². The van der Waals surface area contributed by atoms with Crippen molar-refractivity contribution in [2.75, 3.05) is 30.4 Å². The van der Waals surface area contributed by atoms with Gasteiger partial charge >= 0.3 is 11.9 Å². The summed E-state index contributed by atoms with van der Waals surface area (Å²) in [5, 5.41) is 3.13. The Morgan fingerprint density at radius 1 is 1.44 bits per heavy atom. The predicted molar refractivity (Wildman–Crippen MR) is 72.7 cm³/mol. The Labute approximate surface area is 109 Å². The quantitative estimate of drug-likeness (QED) is 0.821. The van der Waals surface area contributed by atoms with Crippen LogP contribution >= 0.6 is 0 Å². The van der Waals surface area contributed by atoms with Crippen LogP contribution in [0.2, 0.25) is 0 Å². The number of rotatable bonds is 3. The van der Waals surface area contributed by atoms with E-state index in [1.54, 1.807) is 0 Å². The van der Waals surface area contributed by atoms with Crippen molar-refractivity contribution in [3.8, 4) is 0 Å². The van der Waals surface area contributed by atoms with E-state index in [0.717, 1.165) is 36.7 Å². The van der Waals surface area contributed by atoms with Gasteiger partial charge in [-0.2, -0.15) is 0 Å². The fourth-order valence-electron chi connectivity index (χ4n) is 2.51. The average Bonchev–Trinajstić information content (AvgIpc) is 2.41. The zero-order valence-electron chi connectivity index (χ0n) is 11.9. The summed E-state index contributed by atoms with van der Waals surface area (Å²) < 4.78 is 1.98. The third-order valence-electron chi connectivity index (χ3n) is 3.87. The van der Waals surface area contributed by atoms with E-state index in [-0.39, 0.29) is 0 Å². The lowest BCUT2D eigenvalue weighted by Crippen LogP contribution is -2.41. The molecule has 1 saturated heterocycles. The third-order valence-corrected chi connectivity index (χ3v) is 3.87. The van der Waals surface area contributed by atoms with Crippen molar-refractivity contribution in [1.82, 2.24) is 9.97 Å². The largest absolute Gasteiger partial charge is 0.351 e. The van der Waals surface area contributed by atoms with Crippen LogP contribution in [0.5, 0.6) is 0 Å². The summed E-state index contributed by atoms with van der Waals surface area (Å²) in [6.45, 7) is 6.46. The van der Waals surface area contributed by atoms with E-state index >= 15 is 0 Å². The van der Waals surface area contributed by atoms with Gasteiger partial charge in [0.15, 0.2) is 0 Å². The highest BCUT2D eigenvalue weighted by molar-refractivity contribution is 5.34. The van der Waals surface area contributed by atoms with Crippen LogP contribution in [0.3, 0.4) is 0 Å². The molecule has 0 radical (unpaired) electrons. The van der Waals surface area contributed by atoms with Crippen molar-refractivity contribution in [2.24, 2.45) is 13.0 Å². The van der Waals surface area contributed by atoms with E-state index in [1.165, 1.54) is 19.3 Å². The van der Waals surface area contributed by atoms with Crippen molar-refractivity contribution in [3.05, 3.63) is 5.82 Å². The summed E-state index contributed by atoms with van der Waals surface area (Å²) in [4.78, 5) is 11.5. The Morgan fingerprint density at radius 3 is 2.89 bits per heavy atom. The molecule has 1 unspecified atom stereocenters. The summed E-state index contributed by atoms with van der Waals surface area (Å²) in [5.41, 5.74) is 0.